The lowest BCUT2D eigenvalue weighted by molar-refractivity contribution is -0.136. The molecule has 3 atom stereocenters. The fourth-order valence-electron chi connectivity index (χ4n) is 2.37. The maximum absolute atomic E-state index is 12.4. The molecular weight excluding hydrogens is 258 g/mol. The van der Waals surface area contributed by atoms with Gasteiger partial charge in [-0.25, -0.2) is 9.69 Å². The van der Waals surface area contributed by atoms with Crippen LogP contribution >= 0.6 is 0 Å². The number of amides is 2. The third kappa shape index (κ3) is 4.07. The minimum absolute atomic E-state index is 0.227. The highest BCUT2D eigenvalue weighted by molar-refractivity contribution is 5.94. The van der Waals surface area contributed by atoms with Crippen LogP contribution in [0.25, 0.3) is 0 Å². The van der Waals surface area contributed by atoms with Crippen molar-refractivity contribution in [3.05, 3.63) is 12.2 Å². The third-order valence-corrected chi connectivity index (χ3v) is 3.47. The lowest BCUT2D eigenvalue weighted by Crippen LogP contribution is -2.45. The first kappa shape index (κ1) is 16.7. The van der Waals surface area contributed by atoms with E-state index in [9.17, 15) is 14.7 Å². The average molecular weight is 283 g/mol. The van der Waals surface area contributed by atoms with E-state index in [0.29, 0.717) is 18.8 Å². The first-order valence-corrected chi connectivity index (χ1v) is 7.06. The van der Waals surface area contributed by atoms with Crippen LogP contribution in [-0.2, 0) is 9.53 Å². The molecule has 0 aromatic heterocycles. The van der Waals surface area contributed by atoms with E-state index >= 15 is 0 Å². The molecule has 1 N–H and O–H groups in total. The summed E-state index contributed by atoms with van der Waals surface area (Å²) in [6.45, 7) is 11.5. The van der Waals surface area contributed by atoms with Gasteiger partial charge in [0.2, 0.25) is 5.91 Å². The Morgan fingerprint density at radius 3 is 2.60 bits per heavy atom. The molecule has 1 heterocycles. The zero-order valence-electron chi connectivity index (χ0n) is 12.8. The Morgan fingerprint density at radius 2 is 2.10 bits per heavy atom. The number of cyclic esters (lactones) is 1. The molecule has 1 rings (SSSR count). The molecule has 1 fully saturated rings. The topological polar surface area (TPSA) is 66.8 Å². The molecule has 1 aliphatic rings. The Bertz CT molecular complexity index is 391. The SMILES string of the molecule is C=C(C)C[C@@H](O)[C@H](C)C(=O)N1C(=O)OC[C@@H]1CC(C)C. The largest absolute Gasteiger partial charge is 0.447 e. The summed E-state index contributed by atoms with van der Waals surface area (Å²) < 4.78 is 4.98. The van der Waals surface area contributed by atoms with Gasteiger partial charge < -0.3 is 9.84 Å². The Labute approximate surface area is 120 Å². The second kappa shape index (κ2) is 6.88. The molecule has 0 aliphatic carbocycles. The summed E-state index contributed by atoms with van der Waals surface area (Å²) in [4.78, 5) is 25.3. The minimum atomic E-state index is -0.826. The fourth-order valence-corrected chi connectivity index (χ4v) is 2.37. The van der Waals surface area contributed by atoms with Crippen molar-refractivity contribution < 1.29 is 19.4 Å². The number of carbonyl (C=O) groups is 2. The number of carbonyl (C=O) groups excluding carboxylic acids is 2. The molecule has 5 nitrogen and oxygen atoms in total. The van der Waals surface area contributed by atoms with Gasteiger partial charge in [0.1, 0.15) is 6.61 Å². The summed E-state index contributed by atoms with van der Waals surface area (Å²) in [5, 5.41) is 10.0. The number of imide groups is 1. The Morgan fingerprint density at radius 1 is 1.50 bits per heavy atom. The van der Waals surface area contributed by atoms with Crippen LogP contribution in [0.15, 0.2) is 12.2 Å². The molecule has 114 valence electrons. The van der Waals surface area contributed by atoms with E-state index in [-0.39, 0.29) is 18.6 Å². The Balaban J connectivity index is 2.76. The Kier molecular flexibility index (Phi) is 5.74. The van der Waals surface area contributed by atoms with Crippen LogP contribution in [0.1, 0.15) is 40.5 Å². The van der Waals surface area contributed by atoms with E-state index in [1.807, 2.05) is 13.8 Å². The van der Waals surface area contributed by atoms with Gasteiger partial charge in [0.25, 0.3) is 0 Å². The lowest BCUT2D eigenvalue weighted by Gasteiger charge is -2.26. The summed E-state index contributed by atoms with van der Waals surface area (Å²) >= 11 is 0. The summed E-state index contributed by atoms with van der Waals surface area (Å²) in [6, 6.07) is -0.227. The summed E-state index contributed by atoms with van der Waals surface area (Å²) in [5.41, 5.74) is 0.805. The normalized spacial score (nSPS) is 21.8. The Hall–Kier alpha value is -1.36. The molecule has 0 unspecified atom stereocenters. The number of rotatable bonds is 6. The third-order valence-electron chi connectivity index (χ3n) is 3.47. The van der Waals surface area contributed by atoms with Gasteiger partial charge in [-0.05, 0) is 25.7 Å². The van der Waals surface area contributed by atoms with Gasteiger partial charge >= 0.3 is 6.09 Å². The first-order valence-electron chi connectivity index (χ1n) is 7.06. The van der Waals surface area contributed by atoms with Crippen LogP contribution in [0.4, 0.5) is 4.79 Å². The highest BCUT2D eigenvalue weighted by Gasteiger charge is 2.41. The second-order valence-corrected chi connectivity index (χ2v) is 6.09. The lowest BCUT2D eigenvalue weighted by atomic mass is 9.96. The highest BCUT2D eigenvalue weighted by atomic mass is 16.6. The maximum Gasteiger partial charge on any atom is 0.416 e. The maximum atomic E-state index is 12.4. The molecular formula is C15H25NO4. The van der Waals surface area contributed by atoms with Gasteiger partial charge in [0, 0.05) is 0 Å². The standard InChI is InChI=1S/C15H25NO4/c1-9(2)6-12-8-20-15(19)16(12)14(18)11(5)13(17)7-10(3)4/h9,11-13,17H,3,6-8H2,1-2,4-5H3/t11-,12-,13+/m0/s1. The van der Waals surface area contributed by atoms with Gasteiger partial charge in [-0.3, -0.25) is 4.79 Å². The predicted molar refractivity (Wildman–Crippen MR) is 76.0 cm³/mol. The molecule has 1 aliphatic heterocycles. The number of ether oxygens (including phenoxy) is 1. The van der Waals surface area contributed by atoms with Crippen LogP contribution in [0, 0.1) is 11.8 Å². The van der Waals surface area contributed by atoms with Crippen molar-refractivity contribution in [2.75, 3.05) is 6.61 Å². The van der Waals surface area contributed by atoms with E-state index < -0.39 is 18.1 Å². The van der Waals surface area contributed by atoms with Crippen molar-refractivity contribution >= 4 is 12.0 Å². The molecule has 0 bridgehead atoms. The molecule has 5 heteroatoms. The molecule has 2 amide bonds. The molecule has 0 spiro atoms. The van der Waals surface area contributed by atoms with Crippen molar-refractivity contribution in [1.29, 1.82) is 0 Å². The highest BCUT2D eigenvalue weighted by Crippen LogP contribution is 2.23. The first-order chi connectivity index (χ1) is 9.23. The van der Waals surface area contributed by atoms with Gasteiger partial charge in [-0.2, -0.15) is 0 Å². The molecule has 1 saturated heterocycles. The van der Waals surface area contributed by atoms with Crippen molar-refractivity contribution in [1.82, 2.24) is 4.90 Å². The summed E-state index contributed by atoms with van der Waals surface area (Å²) in [5.74, 6) is -0.653. The van der Waals surface area contributed by atoms with Crippen LogP contribution in [-0.4, -0.2) is 40.8 Å². The van der Waals surface area contributed by atoms with Crippen molar-refractivity contribution in [2.24, 2.45) is 11.8 Å². The number of aliphatic hydroxyl groups is 1. The number of nitrogens with zero attached hydrogens (tertiary/aromatic N) is 1. The molecule has 0 saturated carbocycles. The smallest absolute Gasteiger partial charge is 0.416 e. The van der Waals surface area contributed by atoms with Crippen molar-refractivity contribution in [3.63, 3.8) is 0 Å². The summed E-state index contributed by atoms with van der Waals surface area (Å²) in [7, 11) is 0. The van der Waals surface area contributed by atoms with E-state index in [1.54, 1.807) is 13.8 Å². The van der Waals surface area contributed by atoms with E-state index in [1.165, 1.54) is 4.90 Å². The van der Waals surface area contributed by atoms with Gasteiger partial charge in [0.15, 0.2) is 0 Å². The van der Waals surface area contributed by atoms with Gasteiger partial charge in [0.05, 0.1) is 18.1 Å². The quantitative estimate of drug-likeness (QED) is 0.760. The van der Waals surface area contributed by atoms with E-state index in [4.69, 9.17) is 4.74 Å². The number of aliphatic hydroxyl groups excluding tert-OH is 1. The van der Waals surface area contributed by atoms with Crippen LogP contribution in [0.2, 0.25) is 0 Å². The van der Waals surface area contributed by atoms with Gasteiger partial charge in [-0.15, -0.1) is 6.58 Å². The van der Waals surface area contributed by atoms with Crippen LogP contribution in [0.3, 0.4) is 0 Å². The van der Waals surface area contributed by atoms with Crippen molar-refractivity contribution in [3.8, 4) is 0 Å². The molecule has 0 aromatic carbocycles. The fraction of sp³-hybridized carbons (Fsp3) is 0.733. The predicted octanol–water partition coefficient (Wildman–Crippen LogP) is 2.34. The summed E-state index contributed by atoms with van der Waals surface area (Å²) in [6.07, 6.45) is -0.367. The molecule has 0 radical (unpaired) electrons. The van der Waals surface area contributed by atoms with E-state index in [0.717, 1.165) is 5.57 Å². The number of hydrogen-bond donors (Lipinski definition) is 1. The number of hydrogen-bond acceptors (Lipinski definition) is 4. The molecule has 0 aromatic rings. The van der Waals surface area contributed by atoms with Crippen LogP contribution in [0.5, 0.6) is 0 Å². The second-order valence-electron chi connectivity index (χ2n) is 6.09. The monoisotopic (exact) mass is 283 g/mol. The minimum Gasteiger partial charge on any atom is -0.447 e. The average Bonchev–Trinajstić information content (AvgIpc) is 2.67. The van der Waals surface area contributed by atoms with Crippen molar-refractivity contribution in [2.45, 2.75) is 52.7 Å². The zero-order chi connectivity index (χ0) is 15.4. The van der Waals surface area contributed by atoms with E-state index in [2.05, 4.69) is 6.58 Å². The molecule has 20 heavy (non-hydrogen) atoms. The van der Waals surface area contributed by atoms with Crippen LogP contribution < -0.4 is 0 Å². The zero-order valence-corrected chi connectivity index (χ0v) is 12.8. The van der Waals surface area contributed by atoms with Gasteiger partial charge in [-0.1, -0.05) is 26.3 Å².